The van der Waals surface area contributed by atoms with Gasteiger partial charge in [-0.25, -0.2) is 0 Å². The van der Waals surface area contributed by atoms with Gasteiger partial charge in [0.1, 0.15) is 0 Å². The molecule has 0 aliphatic heterocycles. The van der Waals surface area contributed by atoms with Crippen LogP contribution in [0.5, 0.6) is 0 Å². The van der Waals surface area contributed by atoms with E-state index in [0.717, 1.165) is 17.9 Å². The Labute approximate surface area is 89.7 Å². The molecular weight excluding hydrogens is 170 g/mol. The molecule has 0 saturated heterocycles. The maximum absolute atomic E-state index is 3.70. The zero-order valence-electron chi connectivity index (χ0n) is 10.2. The van der Waals surface area contributed by atoms with Crippen LogP contribution in [0.3, 0.4) is 0 Å². The molecule has 2 aliphatic rings. The molecule has 2 aliphatic carbocycles. The van der Waals surface area contributed by atoms with Gasteiger partial charge < -0.3 is 5.32 Å². The Morgan fingerprint density at radius 2 is 1.50 bits per heavy atom. The van der Waals surface area contributed by atoms with Gasteiger partial charge in [-0.1, -0.05) is 20.8 Å². The normalized spacial score (nSPS) is 31.9. The Morgan fingerprint density at radius 3 is 2.00 bits per heavy atom. The molecule has 0 radical (unpaired) electrons. The second kappa shape index (κ2) is 6.44. The fourth-order valence-electron chi connectivity index (χ4n) is 2.12. The zero-order valence-corrected chi connectivity index (χ0v) is 10.2. The quantitative estimate of drug-likeness (QED) is 0.729. The lowest BCUT2D eigenvalue weighted by Crippen LogP contribution is -2.34. The van der Waals surface area contributed by atoms with E-state index in [0.29, 0.717) is 0 Å². The van der Waals surface area contributed by atoms with Crippen LogP contribution in [0.25, 0.3) is 0 Å². The highest BCUT2D eigenvalue weighted by molar-refractivity contribution is 4.80. The topological polar surface area (TPSA) is 12.0 Å². The first-order valence-electron chi connectivity index (χ1n) is 6.58. The van der Waals surface area contributed by atoms with Crippen molar-refractivity contribution in [2.75, 3.05) is 6.54 Å². The summed E-state index contributed by atoms with van der Waals surface area (Å²) in [7, 11) is 0. The third kappa shape index (κ3) is 4.45. The predicted molar refractivity (Wildman–Crippen MR) is 63.5 cm³/mol. The van der Waals surface area contributed by atoms with E-state index in [4.69, 9.17) is 0 Å². The first-order chi connectivity index (χ1) is 6.84. The van der Waals surface area contributed by atoms with Crippen molar-refractivity contribution in [3.05, 3.63) is 0 Å². The van der Waals surface area contributed by atoms with Crippen molar-refractivity contribution >= 4 is 0 Å². The lowest BCUT2D eigenvalue weighted by atomic mass is 9.87. The number of rotatable bonds is 3. The molecule has 0 spiro atoms. The molecule has 0 aromatic carbocycles. The molecule has 0 amide bonds. The Bertz CT molecular complexity index is 132. The van der Waals surface area contributed by atoms with Crippen LogP contribution in [0.2, 0.25) is 0 Å². The fourth-order valence-corrected chi connectivity index (χ4v) is 2.12. The van der Waals surface area contributed by atoms with Gasteiger partial charge in [0.15, 0.2) is 0 Å². The molecule has 2 fully saturated rings. The number of hydrogen-bond acceptors (Lipinski definition) is 1. The molecule has 0 bridgehead atoms. The summed E-state index contributed by atoms with van der Waals surface area (Å²) in [6.45, 7) is 7.69. The average molecular weight is 197 g/mol. The summed E-state index contributed by atoms with van der Waals surface area (Å²) in [4.78, 5) is 0. The van der Waals surface area contributed by atoms with Crippen LogP contribution in [-0.4, -0.2) is 12.6 Å². The van der Waals surface area contributed by atoms with E-state index in [9.17, 15) is 0 Å². The Hall–Kier alpha value is -0.0400. The Balaban J connectivity index is 0.000000461. The highest BCUT2D eigenvalue weighted by Gasteiger charge is 2.23. The van der Waals surface area contributed by atoms with Crippen molar-refractivity contribution < 1.29 is 0 Å². The van der Waals surface area contributed by atoms with Gasteiger partial charge in [0.2, 0.25) is 0 Å². The average Bonchev–Trinajstić information content (AvgIpc) is 3.04. The second-order valence-corrected chi connectivity index (χ2v) is 4.81. The van der Waals surface area contributed by atoms with E-state index in [1.165, 1.54) is 45.1 Å². The highest BCUT2D eigenvalue weighted by atomic mass is 14.9. The summed E-state index contributed by atoms with van der Waals surface area (Å²) in [5.41, 5.74) is 0. The number of nitrogens with one attached hydrogen (secondary N) is 1. The van der Waals surface area contributed by atoms with Crippen LogP contribution in [0.15, 0.2) is 0 Å². The molecule has 14 heavy (non-hydrogen) atoms. The fraction of sp³-hybridized carbons (Fsp3) is 1.00. The van der Waals surface area contributed by atoms with Crippen molar-refractivity contribution in [3.8, 4) is 0 Å². The van der Waals surface area contributed by atoms with Crippen molar-refractivity contribution in [2.45, 2.75) is 65.3 Å². The van der Waals surface area contributed by atoms with Crippen molar-refractivity contribution in [1.29, 1.82) is 0 Å². The van der Waals surface area contributed by atoms with E-state index in [2.05, 4.69) is 12.2 Å². The molecule has 2 rings (SSSR count). The van der Waals surface area contributed by atoms with Crippen molar-refractivity contribution in [2.24, 2.45) is 11.8 Å². The van der Waals surface area contributed by atoms with Gasteiger partial charge in [-0.05, 0) is 56.9 Å². The summed E-state index contributed by atoms with van der Waals surface area (Å²) >= 11 is 0. The summed E-state index contributed by atoms with van der Waals surface area (Å²) in [6, 6.07) is 0.863. The standard InChI is InChI=1S/C11H21N.C2H6/c1-9-2-6-11(7-3-9)12-8-10-4-5-10;1-2/h9-12H,2-8H2,1H3;1-2H3. The maximum Gasteiger partial charge on any atom is 0.00673 e. The zero-order chi connectivity index (χ0) is 10.4. The molecule has 0 unspecified atom stereocenters. The molecule has 0 heterocycles. The van der Waals surface area contributed by atoms with E-state index in [1.807, 2.05) is 13.8 Å². The minimum atomic E-state index is 0.863. The first-order valence-corrected chi connectivity index (χ1v) is 6.58. The van der Waals surface area contributed by atoms with E-state index in [-0.39, 0.29) is 0 Å². The SMILES string of the molecule is CC.CC1CCC(NCC2CC2)CC1. The van der Waals surface area contributed by atoms with Crippen LogP contribution in [-0.2, 0) is 0 Å². The molecule has 0 aromatic rings. The van der Waals surface area contributed by atoms with Crippen LogP contribution >= 0.6 is 0 Å². The van der Waals surface area contributed by atoms with E-state index < -0.39 is 0 Å². The molecule has 84 valence electrons. The second-order valence-electron chi connectivity index (χ2n) is 4.81. The third-order valence-electron chi connectivity index (χ3n) is 3.41. The lowest BCUT2D eigenvalue weighted by molar-refractivity contribution is 0.305. The third-order valence-corrected chi connectivity index (χ3v) is 3.41. The molecule has 1 nitrogen and oxygen atoms in total. The molecule has 0 aromatic heterocycles. The molecule has 2 saturated carbocycles. The van der Waals surface area contributed by atoms with Crippen LogP contribution in [0.1, 0.15) is 59.3 Å². The molecular formula is C13H27N. The van der Waals surface area contributed by atoms with Gasteiger partial charge in [0.25, 0.3) is 0 Å². The van der Waals surface area contributed by atoms with Crippen molar-refractivity contribution in [1.82, 2.24) is 5.32 Å². The molecule has 1 N–H and O–H groups in total. The largest absolute Gasteiger partial charge is 0.314 e. The van der Waals surface area contributed by atoms with Gasteiger partial charge in [0, 0.05) is 6.04 Å². The van der Waals surface area contributed by atoms with Crippen LogP contribution in [0, 0.1) is 11.8 Å². The smallest absolute Gasteiger partial charge is 0.00673 e. The summed E-state index contributed by atoms with van der Waals surface area (Å²) in [5, 5.41) is 3.70. The molecule has 1 heteroatoms. The Morgan fingerprint density at radius 1 is 0.929 bits per heavy atom. The first kappa shape index (κ1) is 12.0. The van der Waals surface area contributed by atoms with Gasteiger partial charge in [-0.3, -0.25) is 0 Å². The Kier molecular flexibility index (Phi) is 5.54. The molecule has 0 atom stereocenters. The van der Waals surface area contributed by atoms with Gasteiger partial charge in [0.05, 0.1) is 0 Å². The number of hydrogen-bond donors (Lipinski definition) is 1. The van der Waals surface area contributed by atoms with E-state index in [1.54, 1.807) is 0 Å². The van der Waals surface area contributed by atoms with Gasteiger partial charge in [-0.15, -0.1) is 0 Å². The summed E-state index contributed by atoms with van der Waals surface area (Å²) in [5.74, 6) is 2.04. The van der Waals surface area contributed by atoms with Gasteiger partial charge in [-0.2, -0.15) is 0 Å². The minimum Gasteiger partial charge on any atom is -0.314 e. The monoisotopic (exact) mass is 197 g/mol. The lowest BCUT2D eigenvalue weighted by Gasteiger charge is -2.26. The van der Waals surface area contributed by atoms with Crippen LogP contribution in [0.4, 0.5) is 0 Å². The van der Waals surface area contributed by atoms with Gasteiger partial charge >= 0.3 is 0 Å². The highest BCUT2D eigenvalue weighted by Crippen LogP contribution is 2.29. The summed E-state index contributed by atoms with van der Waals surface area (Å²) < 4.78 is 0. The predicted octanol–water partition coefficient (Wildman–Crippen LogP) is 3.59. The van der Waals surface area contributed by atoms with Crippen LogP contribution < -0.4 is 5.32 Å². The summed E-state index contributed by atoms with van der Waals surface area (Å²) in [6.07, 6.45) is 8.71. The van der Waals surface area contributed by atoms with Crippen molar-refractivity contribution in [3.63, 3.8) is 0 Å². The minimum absolute atomic E-state index is 0.863. The maximum atomic E-state index is 3.70. The van der Waals surface area contributed by atoms with E-state index >= 15 is 0 Å².